The molecule has 1 unspecified atom stereocenters. The van der Waals surface area contributed by atoms with Crippen LogP contribution in [0.1, 0.15) is 43.7 Å². The lowest BCUT2D eigenvalue weighted by molar-refractivity contribution is -0.149. The number of para-hydroxylation sites is 1. The smallest absolute Gasteiger partial charge is 0.253 e. The Balaban J connectivity index is 1.65. The van der Waals surface area contributed by atoms with Gasteiger partial charge in [0.05, 0.1) is 17.4 Å². The van der Waals surface area contributed by atoms with Gasteiger partial charge in [-0.3, -0.25) is 14.4 Å². The highest BCUT2D eigenvalue weighted by molar-refractivity contribution is 6.06. The summed E-state index contributed by atoms with van der Waals surface area (Å²) in [5.41, 5.74) is 0.626. The van der Waals surface area contributed by atoms with Crippen molar-refractivity contribution in [2.24, 2.45) is 11.8 Å². The molecule has 5 atom stereocenters. The molecular formula is C30H39N3O5. The fourth-order valence-corrected chi connectivity index (χ4v) is 7.12. The molecule has 0 aromatic heterocycles. The number of rotatable bonds is 7. The molecule has 5 rings (SSSR count). The lowest BCUT2D eigenvalue weighted by atomic mass is 9.73. The molecule has 1 aromatic rings. The van der Waals surface area contributed by atoms with Gasteiger partial charge in [-0.25, -0.2) is 0 Å². The highest BCUT2D eigenvalue weighted by atomic mass is 16.5. The van der Waals surface area contributed by atoms with Crippen molar-refractivity contribution in [3.63, 3.8) is 0 Å². The number of nitrogens with zero attached hydrogens (tertiary/aromatic N) is 3. The van der Waals surface area contributed by atoms with Crippen LogP contribution in [0.3, 0.4) is 0 Å². The molecule has 1 N–H and O–H groups in total. The quantitative estimate of drug-likeness (QED) is 0.440. The van der Waals surface area contributed by atoms with Crippen molar-refractivity contribution in [1.82, 2.24) is 9.80 Å². The molecule has 0 radical (unpaired) electrons. The molecule has 8 heteroatoms. The normalized spacial score (nSPS) is 32.4. The van der Waals surface area contributed by atoms with E-state index in [-0.39, 0.29) is 24.3 Å². The molecule has 3 amide bonds. The standard InChI is InChI=1S/C30H39N3O5/c1-5-29-14-10-16-31(4)26(35)22(29)23-27(36)33(17-7-6-8-19-34)25-28(37)32(18-11-15-30(23,25)38-29)24-20(2)12-9-13-21(24)3/h9-15,22-23,25,34H,5-8,16-19H2,1-4H3/t22-,23-,25?,29+,30-/m0/s1. The first kappa shape index (κ1) is 26.6. The number of unbranched alkanes of at least 4 members (excludes halogenated alkanes) is 2. The maximum Gasteiger partial charge on any atom is 0.253 e. The molecule has 0 aliphatic carbocycles. The van der Waals surface area contributed by atoms with Crippen LogP contribution in [0.4, 0.5) is 5.69 Å². The summed E-state index contributed by atoms with van der Waals surface area (Å²) in [4.78, 5) is 47.8. The molecule has 38 heavy (non-hydrogen) atoms. The Morgan fingerprint density at radius 3 is 2.34 bits per heavy atom. The van der Waals surface area contributed by atoms with E-state index in [4.69, 9.17) is 4.74 Å². The van der Waals surface area contributed by atoms with Gasteiger partial charge in [-0.05, 0) is 50.7 Å². The van der Waals surface area contributed by atoms with Crippen LogP contribution in [0.2, 0.25) is 0 Å². The number of likely N-dealkylation sites (tertiary alicyclic amines) is 1. The largest absolute Gasteiger partial charge is 0.396 e. The van der Waals surface area contributed by atoms with Crippen molar-refractivity contribution < 1.29 is 24.2 Å². The molecule has 4 heterocycles. The first-order chi connectivity index (χ1) is 18.2. The van der Waals surface area contributed by atoms with Crippen LogP contribution in [0.25, 0.3) is 0 Å². The minimum absolute atomic E-state index is 0.0866. The monoisotopic (exact) mass is 521 g/mol. The summed E-state index contributed by atoms with van der Waals surface area (Å²) < 4.78 is 6.97. The average molecular weight is 522 g/mol. The lowest BCUT2D eigenvalue weighted by Gasteiger charge is -2.38. The Bertz CT molecular complexity index is 1170. The number of anilines is 1. The van der Waals surface area contributed by atoms with E-state index < -0.39 is 29.1 Å². The molecule has 204 valence electrons. The Morgan fingerprint density at radius 1 is 0.947 bits per heavy atom. The predicted molar refractivity (Wildman–Crippen MR) is 144 cm³/mol. The molecule has 4 aliphatic rings. The zero-order valence-electron chi connectivity index (χ0n) is 22.9. The second-order valence-corrected chi connectivity index (χ2v) is 11.2. The highest BCUT2D eigenvalue weighted by Crippen LogP contribution is 2.58. The van der Waals surface area contributed by atoms with E-state index in [0.717, 1.165) is 23.2 Å². The molecule has 1 spiro atoms. The first-order valence-corrected chi connectivity index (χ1v) is 13.8. The second kappa shape index (κ2) is 9.97. The average Bonchev–Trinajstić information content (AvgIpc) is 3.19. The molecule has 2 fully saturated rings. The fraction of sp³-hybridized carbons (Fsp3) is 0.567. The van der Waals surface area contributed by atoms with Crippen LogP contribution < -0.4 is 4.90 Å². The van der Waals surface area contributed by atoms with Crippen molar-refractivity contribution in [2.75, 3.05) is 38.2 Å². The van der Waals surface area contributed by atoms with Crippen LogP contribution >= 0.6 is 0 Å². The third-order valence-electron chi connectivity index (χ3n) is 8.91. The van der Waals surface area contributed by atoms with Crippen molar-refractivity contribution in [2.45, 2.75) is 63.7 Å². The number of aliphatic hydroxyl groups is 1. The molecule has 2 saturated heterocycles. The topological polar surface area (TPSA) is 90.4 Å². The highest BCUT2D eigenvalue weighted by Gasteiger charge is 2.75. The maximum atomic E-state index is 14.6. The van der Waals surface area contributed by atoms with Gasteiger partial charge in [0.15, 0.2) is 0 Å². The fourth-order valence-electron chi connectivity index (χ4n) is 7.12. The van der Waals surface area contributed by atoms with Gasteiger partial charge in [0.25, 0.3) is 5.91 Å². The van der Waals surface area contributed by atoms with Crippen molar-refractivity contribution in [3.8, 4) is 0 Å². The van der Waals surface area contributed by atoms with Crippen molar-refractivity contribution >= 4 is 23.4 Å². The van der Waals surface area contributed by atoms with Crippen LogP contribution in [0.15, 0.2) is 42.5 Å². The summed E-state index contributed by atoms with van der Waals surface area (Å²) in [6.45, 7) is 7.23. The number of hydrogen-bond acceptors (Lipinski definition) is 5. The van der Waals surface area contributed by atoms with Crippen LogP contribution in [-0.2, 0) is 19.1 Å². The van der Waals surface area contributed by atoms with Crippen LogP contribution in [0.5, 0.6) is 0 Å². The molecule has 1 aromatic carbocycles. The number of carbonyl (C=O) groups excluding carboxylic acids is 3. The van der Waals surface area contributed by atoms with Crippen LogP contribution in [0, 0.1) is 25.7 Å². The Kier molecular flexibility index (Phi) is 6.99. The summed E-state index contributed by atoms with van der Waals surface area (Å²) in [5.74, 6) is -2.00. The first-order valence-electron chi connectivity index (χ1n) is 13.8. The second-order valence-electron chi connectivity index (χ2n) is 11.2. The number of ether oxygens (including phenoxy) is 1. The third kappa shape index (κ3) is 3.83. The lowest BCUT2D eigenvalue weighted by Crippen LogP contribution is -2.56. The number of benzene rings is 1. The Labute approximate surface area is 224 Å². The minimum atomic E-state index is -1.24. The number of hydrogen-bond donors (Lipinski definition) is 1. The van der Waals surface area contributed by atoms with E-state index in [2.05, 4.69) is 0 Å². The Hall–Kier alpha value is -2.97. The van der Waals surface area contributed by atoms with Gasteiger partial charge in [0.2, 0.25) is 11.8 Å². The predicted octanol–water partition coefficient (Wildman–Crippen LogP) is 2.76. The van der Waals surface area contributed by atoms with E-state index in [1.165, 1.54) is 0 Å². The summed E-state index contributed by atoms with van der Waals surface area (Å²) in [7, 11) is 1.75. The molecular weight excluding hydrogens is 482 g/mol. The number of aliphatic hydroxyl groups excluding tert-OH is 1. The summed E-state index contributed by atoms with van der Waals surface area (Å²) >= 11 is 0. The number of fused-ring (bicyclic) bond motifs is 2. The maximum absolute atomic E-state index is 14.6. The van der Waals surface area contributed by atoms with Gasteiger partial charge in [-0.2, -0.15) is 0 Å². The summed E-state index contributed by atoms with van der Waals surface area (Å²) in [6.07, 6.45) is 10.3. The zero-order valence-corrected chi connectivity index (χ0v) is 22.9. The Morgan fingerprint density at radius 2 is 1.66 bits per heavy atom. The number of carbonyl (C=O) groups is 3. The van der Waals surface area contributed by atoms with Gasteiger partial charge in [0, 0.05) is 39.0 Å². The van der Waals surface area contributed by atoms with Gasteiger partial charge in [-0.15, -0.1) is 0 Å². The molecule has 0 bridgehead atoms. The van der Waals surface area contributed by atoms with Crippen molar-refractivity contribution in [1.29, 1.82) is 0 Å². The van der Waals surface area contributed by atoms with Gasteiger partial charge >= 0.3 is 0 Å². The number of amides is 3. The van der Waals surface area contributed by atoms with Crippen molar-refractivity contribution in [3.05, 3.63) is 53.6 Å². The molecule has 8 nitrogen and oxygen atoms in total. The summed E-state index contributed by atoms with van der Waals surface area (Å²) in [6, 6.07) is 5.08. The zero-order chi connectivity index (χ0) is 27.2. The van der Waals surface area contributed by atoms with E-state index >= 15 is 0 Å². The van der Waals surface area contributed by atoms with Crippen LogP contribution in [-0.4, -0.2) is 83.2 Å². The summed E-state index contributed by atoms with van der Waals surface area (Å²) in [5, 5.41) is 9.27. The third-order valence-corrected chi connectivity index (χ3v) is 8.91. The molecule has 4 aliphatic heterocycles. The van der Waals surface area contributed by atoms with E-state index in [1.54, 1.807) is 21.7 Å². The number of likely N-dealkylation sites (N-methyl/N-ethyl adjacent to an activating group) is 1. The van der Waals surface area contributed by atoms with E-state index in [1.807, 2.05) is 63.3 Å². The van der Waals surface area contributed by atoms with Gasteiger partial charge in [0.1, 0.15) is 11.6 Å². The minimum Gasteiger partial charge on any atom is -0.396 e. The van der Waals surface area contributed by atoms with Gasteiger partial charge < -0.3 is 24.5 Å². The van der Waals surface area contributed by atoms with E-state index in [9.17, 15) is 19.5 Å². The number of aryl methyl sites for hydroxylation is 2. The SMILES string of the molecule is CC[C@@]12C=CCN(C)C(=O)[C@@H]1[C@H]1C(=O)N(CCCCCO)C3C(=O)N(c4c(C)cccc4C)CC=C[C@@]31O2. The molecule has 0 saturated carbocycles. The van der Waals surface area contributed by atoms with Gasteiger partial charge in [-0.1, -0.05) is 49.4 Å². The van der Waals surface area contributed by atoms with E-state index in [0.29, 0.717) is 38.9 Å².